The number of hydrogen-bond acceptors (Lipinski definition) is 3. The van der Waals surface area contributed by atoms with Crippen molar-refractivity contribution in [3.63, 3.8) is 0 Å². The molecule has 1 aromatic rings. The van der Waals surface area contributed by atoms with Crippen molar-refractivity contribution in [2.45, 2.75) is 51.7 Å². The van der Waals surface area contributed by atoms with Gasteiger partial charge in [-0.1, -0.05) is 12.5 Å². The largest absolute Gasteiger partial charge is 0.506 e. The molecule has 0 saturated carbocycles. The maximum absolute atomic E-state index is 9.41. The fraction of sp³-hybridized carbons (Fsp3) is 0.571. The summed E-state index contributed by atoms with van der Waals surface area (Å²) < 4.78 is 0. The van der Waals surface area contributed by atoms with E-state index in [4.69, 9.17) is 5.73 Å². The topological polar surface area (TPSA) is 49.5 Å². The minimum Gasteiger partial charge on any atom is -0.506 e. The minimum absolute atomic E-state index is 0.175. The van der Waals surface area contributed by atoms with Crippen LogP contribution < -0.4 is 5.73 Å². The molecule has 0 spiro atoms. The van der Waals surface area contributed by atoms with E-state index < -0.39 is 0 Å². The Kier molecular flexibility index (Phi) is 3.57. The predicted molar refractivity (Wildman–Crippen MR) is 70.8 cm³/mol. The van der Waals surface area contributed by atoms with Crippen molar-refractivity contribution in [3.05, 3.63) is 23.8 Å². The van der Waals surface area contributed by atoms with Crippen LogP contribution in [0.15, 0.2) is 18.2 Å². The lowest BCUT2D eigenvalue weighted by Crippen LogP contribution is -2.42. The van der Waals surface area contributed by atoms with Gasteiger partial charge in [-0.2, -0.15) is 0 Å². The molecule has 3 N–H and O–H groups in total. The molecule has 1 aliphatic rings. The number of piperidine rings is 1. The van der Waals surface area contributed by atoms with Crippen LogP contribution in [0.4, 0.5) is 5.69 Å². The van der Waals surface area contributed by atoms with E-state index in [1.165, 1.54) is 24.8 Å². The molecule has 1 aromatic carbocycles. The van der Waals surface area contributed by atoms with Crippen molar-refractivity contribution in [3.8, 4) is 5.75 Å². The second-order valence-corrected chi connectivity index (χ2v) is 5.19. The number of aromatic hydroxyl groups is 1. The second kappa shape index (κ2) is 4.96. The van der Waals surface area contributed by atoms with Crippen molar-refractivity contribution in [1.29, 1.82) is 0 Å². The molecule has 17 heavy (non-hydrogen) atoms. The van der Waals surface area contributed by atoms with Gasteiger partial charge in [0, 0.05) is 18.6 Å². The first kappa shape index (κ1) is 12.2. The molecule has 0 unspecified atom stereocenters. The number of benzene rings is 1. The standard InChI is InChI=1S/C14H22N2O/c1-10-4-3-5-11(2)16(10)9-12-6-7-14(17)13(15)8-12/h6-8,10-11,17H,3-5,9,15H2,1-2H3/t10-,11+. The fourth-order valence-corrected chi connectivity index (χ4v) is 2.70. The number of hydrogen-bond donors (Lipinski definition) is 2. The smallest absolute Gasteiger partial charge is 0.138 e. The number of phenols is 1. The Hall–Kier alpha value is -1.22. The summed E-state index contributed by atoms with van der Waals surface area (Å²) in [7, 11) is 0. The lowest BCUT2D eigenvalue weighted by Gasteiger charge is -2.39. The average Bonchev–Trinajstić information content (AvgIpc) is 2.28. The first-order chi connectivity index (χ1) is 8.08. The highest BCUT2D eigenvalue weighted by molar-refractivity contribution is 5.53. The molecule has 0 aliphatic carbocycles. The van der Waals surface area contributed by atoms with E-state index in [-0.39, 0.29) is 5.75 Å². The summed E-state index contributed by atoms with van der Waals surface area (Å²) >= 11 is 0. The van der Waals surface area contributed by atoms with Crippen LogP contribution in [0.5, 0.6) is 5.75 Å². The Bertz CT molecular complexity index is 382. The molecule has 3 nitrogen and oxygen atoms in total. The summed E-state index contributed by atoms with van der Waals surface area (Å²) in [5.41, 5.74) is 7.38. The second-order valence-electron chi connectivity index (χ2n) is 5.19. The average molecular weight is 234 g/mol. The molecule has 2 atom stereocenters. The van der Waals surface area contributed by atoms with Crippen LogP contribution >= 0.6 is 0 Å². The van der Waals surface area contributed by atoms with Crippen molar-refractivity contribution >= 4 is 5.69 Å². The predicted octanol–water partition coefficient (Wildman–Crippen LogP) is 2.74. The SMILES string of the molecule is C[C@@H]1CCC[C@H](C)N1Cc1ccc(O)c(N)c1. The highest BCUT2D eigenvalue weighted by Gasteiger charge is 2.24. The quantitative estimate of drug-likeness (QED) is 0.611. The third kappa shape index (κ3) is 2.72. The zero-order valence-electron chi connectivity index (χ0n) is 10.7. The lowest BCUT2D eigenvalue weighted by atomic mass is 9.96. The number of likely N-dealkylation sites (tertiary alicyclic amines) is 1. The van der Waals surface area contributed by atoms with Crippen LogP contribution in [-0.4, -0.2) is 22.1 Å². The first-order valence-electron chi connectivity index (χ1n) is 6.41. The lowest BCUT2D eigenvalue weighted by molar-refractivity contribution is 0.0953. The molecule has 94 valence electrons. The van der Waals surface area contributed by atoms with E-state index in [9.17, 15) is 5.11 Å². The van der Waals surface area contributed by atoms with Crippen LogP contribution in [-0.2, 0) is 6.54 Å². The molecular formula is C14H22N2O. The van der Waals surface area contributed by atoms with Crippen LogP contribution in [0.25, 0.3) is 0 Å². The Balaban J connectivity index is 2.10. The molecule has 0 aromatic heterocycles. The molecule has 0 bridgehead atoms. The van der Waals surface area contributed by atoms with Crippen LogP contribution in [0, 0.1) is 0 Å². The van der Waals surface area contributed by atoms with E-state index in [1.54, 1.807) is 6.07 Å². The van der Waals surface area contributed by atoms with Crippen LogP contribution in [0.3, 0.4) is 0 Å². The molecule has 0 radical (unpaired) electrons. The van der Waals surface area contributed by atoms with E-state index in [2.05, 4.69) is 18.7 Å². The monoisotopic (exact) mass is 234 g/mol. The van der Waals surface area contributed by atoms with E-state index >= 15 is 0 Å². The Labute approximate surface area is 103 Å². The third-order valence-corrected chi connectivity index (χ3v) is 3.83. The van der Waals surface area contributed by atoms with Crippen molar-refractivity contribution in [1.82, 2.24) is 4.90 Å². The molecule has 1 aliphatic heterocycles. The zero-order chi connectivity index (χ0) is 12.4. The van der Waals surface area contributed by atoms with Crippen LogP contribution in [0.1, 0.15) is 38.7 Å². The summed E-state index contributed by atoms with van der Waals surface area (Å²) in [5, 5.41) is 9.41. The molecule has 1 saturated heterocycles. The number of nitrogen functional groups attached to an aromatic ring is 1. The summed E-state index contributed by atoms with van der Waals surface area (Å²) in [5.74, 6) is 0.175. The van der Waals surface area contributed by atoms with E-state index in [0.29, 0.717) is 17.8 Å². The van der Waals surface area contributed by atoms with Crippen molar-refractivity contribution in [2.24, 2.45) is 0 Å². The van der Waals surface area contributed by atoms with Crippen molar-refractivity contribution < 1.29 is 5.11 Å². The van der Waals surface area contributed by atoms with Crippen LogP contribution in [0.2, 0.25) is 0 Å². The highest BCUT2D eigenvalue weighted by atomic mass is 16.3. The molecule has 2 rings (SSSR count). The van der Waals surface area contributed by atoms with Gasteiger partial charge in [-0.3, -0.25) is 4.90 Å². The van der Waals surface area contributed by atoms with Crippen molar-refractivity contribution in [2.75, 3.05) is 5.73 Å². The Morgan fingerprint density at radius 3 is 2.53 bits per heavy atom. The Morgan fingerprint density at radius 2 is 1.94 bits per heavy atom. The van der Waals surface area contributed by atoms with E-state index in [0.717, 1.165) is 6.54 Å². The van der Waals surface area contributed by atoms with Gasteiger partial charge in [-0.05, 0) is 44.4 Å². The number of phenolic OH excluding ortho intramolecular Hbond substituents is 1. The van der Waals surface area contributed by atoms with Gasteiger partial charge >= 0.3 is 0 Å². The first-order valence-corrected chi connectivity index (χ1v) is 6.41. The maximum Gasteiger partial charge on any atom is 0.138 e. The summed E-state index contributed by atoms with van der Waals surface area (Å²) in [6, 6.07) is 6.79. The normalized spacial score (nSPS) is 26.0. The minimum atomic E-state index is 0.175. The number of nitrogens with two attached hydrogens (primary N) is 1. The number of nitrogens with zero attached hydrogens (tertiary/aromatic N) is 1. The summed E-state index contributed by atoms with van der Waals surface area (Å²) in [6.45, 7) is 5.51. The zero-order valence-corrected chi connectivity index (χ0v) is 10.7. The molecule has 0 amide bonds. The van der Waals surface area contributed by atoms with Gasteiger partial charge in [0.1, 0.15) is 5.75 Å². The summed E-state index contributed by atoms with van der Waals surface area (Å²) in [4.78, 5) is 2.52. The fourth-order valence-electron chi connectivity index (χ4n) is 2.70. The highest BCUT2D eigenvalue weighted by Crippen LogP contribution is 2.26. The summed E-state index contributed by atoms with van der Waals surface area (Å²) in [6.07, 6.45) is 3.88. The third-order valence-electron chi connectivity index (χ3n) is 3.83. The molecular weight excluding hydrogens is 212 g/mol. The molecule has 1 fully saturated rings. The van der Waals surface area contributed by atoms with Gasteiger partial charge in [0.15, 0.2) is 0 Å². The Morgan fingerprint density at radius 1 is 1.29 bits per heavy atom. The maximum atomic E-state index is 9.41. The van der Waals surface area contributed by atoms with E-state index in [1.807, 2.05) is 12.1 Å². The van der Waals surface area contributed by atoms with Gasteiger partial charge in [0.25, 0.3) is 0 Å². The van der Waals surface area contributed by atoms with Gasteiger partial charge in [-0.15, -0.1) is 0 Å². The number of anilines is 1. The van der Waals surface area contributed by atoms with Gasteiger partial charge in [0.2, 0.25) is 0 Å². The number of rotatable bonds is 2. The van der Waals surface area contributed by atoms with Gasteiger partial charge in [0.05, 0.1) is 5.69 Å². The van der Waals surface area contributed by atoms with Gasteiger partial charge in [-0.25, -0.2) is 0 Å². The van der Waals surface area contributed by atoms with Gasteiger partial charge < -0.3 is 10.8 Å². The molecule has 1 heterocycles. The molecule has 3 heteroatoms.